The fourth-order valence-corrected chi connectivity index (χ4v) is 4.68. The number of benzene rings is 2. The molecule has 7 N–H and O–H groups in total. The summed E-state index contributed by atoms with van der Waals surface area (Å²) >= 11 is 0. The van der Waals surface area contributed by atoms with E-state index in [1.165, 1.54) is 0 Å². The molecule has 5 rings (SSSR count). The fraction of sp³-hybridized carbons (Fsp3) is 0.444. The Labute approximate surface area is 224 Å². The molecule has 0 aliphatic carbocycles. The molecule has 12 nitrogen and oxygen atoms in total. The lowest BCUT2D eigenvalue weighted by molar-refractivity contribution is -0.0499. The second-order valence-electron chi connectivity index (χ2n) is 9.51. The molecule has 39 heavy (non-hydrogen) atoms. The third-order valence-electron chi connectivity index (χ3n) is 6.79. The Morgan fingerprint density at radius 2 is 1.85 bits per heavy atom. The van der Waals surface area contributed by atoms with Crippen molar-refractivity contribution in [2.75, 3.05) is 38.3 Å². The minimum atomic E-state index is -1.24. The largest absolute Gasteiger partial charge is 0.493 e. The summed E-state index contributed by atoms with van der Waals surface area (Å²) in [5, 5.41) is 55.9. The van der Waals surface area contributed by atoms with Gasteiger partial charge in [-0.05, 0) is 43.3 Å². The van der Waals surface area contributed by atoms with Crippen LogP contribution in [0.1, 0.15) is 18.4 Å². The van der Waals surface area contributed by atoms with Crippen LogP contribution in [0.4, 0.5) is 5.95 Å². The Morgan fingerprint density at radius 1 is 1.03 bits per heavy atom. The first-order chi connectivity index (χ1) is 19.0. The molecule has 0 unspecified atom stereocenters. The normalized spacial score (nSPS) is 21.4. The second kappa shape index (κ2) is 12.3. The zero-order valence-corrected chi connectivity index (χ0v) is 21.3. The van der Waals surface area contributed by atoms with Crippen LogP contribution in [0.25, 0.3) is 22.0 Å². The van der Waals surface area contributed by atoms with Crippen molar-refractivity contribution < 1.29 is 39.4 Å². The van der Waals surface area contributed by atoms with Gasteiger partial charge in [-0.1, -0.05) is 12.1 Å². The average Bonchev–Trinajstić information content (AvgIpc) is 3.62. The number of aromatic nitrogens is 2. The van der Waals surface area contributed by atoms with Gasteiger partial charge in [-0.2, -0.15) is 0 Å². The van der Waals surface area contributed by atoms with Gasteiger partial charge < -0.3 is 50.1 Å². The summed E-state index contributed by atoms with van der Waals surface area (Å²) in [7, 11) is 0. The fourth-order valence-electron chi connectivity index (χ4n) is 4.68. The summed E-state index contributed by atoms with van der Waals surface area (Å²) in [6.45, 7) is 0.717. The zero-order chi connectivity index (χ0) is 27.4. The van der Waals surface area contributed by atoms with Crippen molar-refractivity contribution in [2.24, 2.45) is 0 Å². The molecule has 1 saturated heterocycles. The van der Waals surface area contributed by atoms with Gasteiger partial charge in [0.25, 0.3) is 0 Å². The van der Waals surface area contributed by atoms with Crippen LogP contribution >= 0.6 is 0 Å². The summed E-state index contributed by atoms with van der Waals surface area (Å²) in [6.07, 6.45) is -3.60. The van der Waals surface area contributed by atoms with Crippen molar-refractivity contribution >= 4 is 28.0 Å². The molecule has 4 atom stereocenters. The first-order valence-corrected chi connectivity index (χ1v) is 13.0. The molecule has 1 aliphatic rings. The van der Waals surface area contributed by atoms with Crippen LogP contribution in [-0.4, -0.2) is 92.4 Å². The number of imidazole rings is 1. The van der Waals surface area contributed by atoms with Gasteiger partial charge in [0.05, 0.1) is 50.0 Å². The van der Waals surface area contributed by atoms with Crippen LogP contribution in [0, 0.1) is 0 Å². The lowest BCUT2D eigenvalue weighted by Crippen LogP contribution is -2.36. The highest BCUT2D eigenvalue weighted by molar-refractivity contribution is 5.80. The van der Waals surface area contributed by atoms with E-state index in [1.807, 2.05) is 48.5 Å². The molecule has 1 fully saturated rings. The van der Waals surface area contributed by atoms with E-state index >= 15 is 0 Å². The van der Waals surface area contributed by atoms with Gasteiger partial charge in [-0.25, -0.2) is 4.98 Å². The molecule has 0 amide bonds. The number of furan rings is 1. The molecule has 1 aliphatic heterocycles. The van der Waals surface area contributed by atoms with Crippen LogP contribution in [0.2, 0.25) is 0 Å². The maximum Gasteiger partial charge on any atom is 0.206 e. The van der Waals surface area contributed by atoms with Crippen LogP contribution in [-0.2, 0) is 11.3 Å². The van der Waals surface area contributed by atoms with Crippen molar-refractivity contribution in [1.82, 2.24) is 14.9 Å². The Bertz CT molecular complexity index is 1370. The van der Waals surface area contributed by atoms with Gasteiger partial charge in [-0.3, -0.25) is 4.57 Å². The van der Waals surface area contributed by atoms with E-state index in [4.69, 9.17) is 24.1 Å². The molecular weight excluding hydrogens is 508 g/mol. The number of ether oxygens (including phenoxy) is 2. The summed E-state index contributed by atoms with van der Waals surface area (Å²) in [5.41, 5.74) is 2.06. The van der Waals surface area contributed by atoms with Crippen LogP contribution in [0.3, 0.4) is 0 Å². The number of aliphatic hydroxyl groups excluding tert-OH is 5. The molecule has 210 valence electrons. The molecule has 0 bridgehead atoms. The Balaban J connectivity index is 1.26. The topological polar surface area (TPSA) is 175 Å². The summed E-state index contributed by atoms with van der Waals surface area (Å²) in [4.78, 5) is 4.64. The van der Waals surface area contributed by atoms with Gasteiger partial charge >= 0.3 is 0 Å². The van der Waals surface area contributed by atoms with Gasteiger partial charge in [0.2, 0.25) is 5.95 Å². The lowest BCUT2D eigenvalue weighted by Gasteiger charge is -2.20. The average molecular weight is 543 g/mol. The third-order valence-corrected chi connectivity index (χ3v) is 6.79. The second-order valence-corrected chi connectivity index (χ2v) is 9.51. The summed E-state index contributed by atoms with van der Waals surface area (Å²) in [5.74, 6) is 1.75. The molecular formula is C27H34N4O8. The Hall–Kier alpha value is -3.23. The molecule has 12 heteroatoms. The number of hydrogen-bond acceptors (Lipinski definition) is 11. The highest BCUT2D eigenvalue weighted by Crippen LogP contribution is 2.35. The number of anilines is 1. The standard InChI is InChI=1S/C27H34N4O8/c32-13-17(14-33)28-8-3-9-37-18-7-6-16-10-19(38-22(16)11-18)12-29-27-30-20-4-1-2-5-21(20)31(27)26-25(36)24(35)23(15-34)39-26/h1-2,4-7,10-11,17,23-26,28,32-36H,3,8-9,12-15H2,(H,29,30)/t23-,24-,25-,26-/m1/s1. The predicted octanol–water partition coefficient (Wildman–Crippen LogP) is 0.718. The highest BCUT2D eigenvalue weighted by Gasteiger charge is 2.44. The van der Waals surface area contributed by atoms with Crippen molar-refractivity contribution in [3.8, 4) is 5.75 Å². The minimum Gasteiger partial charge on any atom is -0.493 e. The number of fused-ring (bicyclic) bond motifs is 2. The van der Waals surface area contributed by atoms with Crippen molar-refractivity contribution in [1.29, 1.82) is 0 Å². The van der Waals surface area contributed by atoms with Crippen LogP contribution in [0.15, 0.2) is 52.9 Å². The maximum absolute atomic E-state index is 10.6. The molecule has 3 heterocycles. The van der Waals surface area contributed by atoms with Crippen molar-refractivity contribution in [2.45, 2.75) is 43.5 Å². The number of rotatable bonds is 13. The molecule has 2 aromatic heterocycles. The monoisotopic (exact) mass is 542 g/mol. The Kier molecular flexibility index (Phi) is 8.63. The van der Waals surface area contributed by atoms with E-state index in [0.717, 1.165) is 5.39 Å². The highest BCUT2D eigenvalue weighted by atomic mass is 16.6. The van der Waals surface area contributed by atoms with Crippen molar-refractivity contribution in [3.63, 3.8) is 0 Å². The molecule has 0 radical (unpaired) electrons. The number of aliphatic hydroxyl groups is 5. The van der Waals surface area contributed by atoms with E-state index in [9.17, 15) is 15.3 Å². The number of para-hydroxylation sites is 2. The predicted molar refractivity (Wildman–Crippen MR) is 142 cm³/mol. The van der Waals surface area contributed by atoms with Gasteiger partial charge in [0.1, 0.15) is 35.4 Å². The van der Waals surface area contributed by atoms with E-state index < -0.39 is 31.1 Å². The van der Waals surface area contributed by atoms with Gasteiger partial charge in [0, 0.05) is 11.5 Å². The lowest BCUT2D eigenvalue weighted by atomic mass is 10.1. The smallest absolute Gasteiger partial charge is 0.206 e. The number of nitrogens with one attached hydrogen (secondary N) is 2. The Morgan fingerprint density at radius 3 is 2.62 bits per heavy atom. The van der Waals surface area contributed by atoms with Gasteiger partial charge in [0.15, 0.2) is 6.23 Å². The number of hydrogen-bond donors (Lipinski definition) is 7. The summed E-state index contributed by atoms with van der Waals surface area (Å²) < 4.78 is 19.3. The zero-order valence-electron chi connectivity index (χ0n) is 21.3. The molecule has 0 spiro atoms. The van der Waals surface area contributed by atoms with Gasteiger partial charge in [-0.15, -0.1) is 0 Å². The van der Waals surface area contributed by atoms with Crippen LogP contribution in [0.5, 0.6) is 5.75 Å². The third kappa shape index (κ3) is 5.87. The maximum atomic E-state index is 10.6. The number of nitrogens with zero attached hydrogens (tertiary/aromatic N) is 2. The SMILES string of the molecule is OCC(CO)NCCCOc1ccc2cc(CNc3nc4ccccc4n3[C@@H]3O[C@H](CO)[C@@H](O)[C@H]3O)oc2c1. The minimum absolute atomic E-state index is 0.119. The first kappa shape index (κ1) is 27.3. The molecule has 0 saturated carbocycles. The van der Waals surface area contributed by atoms with Crippen molar-refractivity contribution in [3.05, 3.63) is 54.3 Å². The van der Waals surface area contributed by atoms with E-state index in [-0.39, 0.29) is 19.3 Å². The molecule has 4 aromatic rings. The summed E-state index contributed by atoms with van der Waals surface area (Å²) in [6, 6.07) is 14.6. The van der Waals surface area contributed by atoms with E-state index in [2.05, 4.69) is 15.6 Å². The van der Waals surface area contributed by atoms with Crippen LogP contribution < -0.4 is 15.4 Å². The van der Waals surface area contributed by atoms with E-state index in [1.54, 1.807) is 4.57 Å². The first-order valence-electron chi connectivity index (χ1n) is 13.0. The quantitative estimate of drug-likeness (QED) is 0.119. The molecule has 2 aromatic carbocycles. The van der Waals surface area contributed by atoms with E-state index in [0.29, 0.717) is 60.2 Å².